The summed E-state index contributed by atoms with van der Waals surface area (Å²) in [7, 11) is 6.50. The van der Waals surface area contributed by atoms with Crippen molar-refractivity contribution >= 4 is 11.8 Å². The highest BCUT2D eigenvalue weighted by Crippen LogP contribution is 2.27. The van der Waals surface area contributed by atoms with Gasteiger partial charge in [0.25, 0.3) is 5.91 Å². The van der Waals surface area contributed by atoms with Gasteiger partial charge < -0.3 is 19.7 Å². The van der Waals surface area contributed by atoms with Gasteiger partial charge in [-0.3, -0.25) is 9.59 Å². The minimum atomic E-state index is -0.130. The van der Waals surface area contributed by atoms with E-state index in [-0.39, 0.29) is 18.2 Å². The molecule has 0 unspecified atom stereocenters. The molecule has 0 atom stereocenters. The number of benzene rings is 2. The molecule has 0 aliphatic heterocycles. The largest absolute Gasteiger partial charge is 0.493 e. The van der Waals surface area contributed by atoms with E-state index in [9.17, 15) is 9.59 Å². The summed E-state index contributed by atoms with van der Waals surface area (Å²) in [6.45, 7) is 0.472. The first kappa shape index (κ1) is 19.3. The normalized spacial score (nSPS) is 10.2. The van der Waals surface area contributed by atoms with Gasteiger partial charge in [0, 0.05) is 26.2 Å². The number of ether oxygens (including phenoxy) is 2. The van der Waals surface area contributed by atoms with Crippen LogP contribution >= 0.6 is 0 Å². The highest BCUT2D eigenvalue weighted by Gasteiger charge is 2.13. The van der Waals surface area contributed by atoms with Crippen LogP contribution < -0.4 is 14.8 Å². The minimum absolute atomic E-state index is 0.00685. The Hall–Kier alpha value is -3.02. The third-order valence-electron chi connectivity index (χ3n) is 4.09. The van der Waals surface area contributed by atoms with Crippen molar-refractivity contribution in [1.82, 2.24) is 10.2 Å². The lowest BCUT2D eigenvalue weighted by Crippen LogP contribution is -2.27. The Morgan fingerprint density at radius 1 is 0.962 bits per heavy atom. The number of methoxy groups -OCH3 is 2. The summed E-state index contributed by atoms with van der Waals surface area (Å²) in [5.41, 5.74) is 2.41. The lowest BCUT2D eigenvalue weighted by molar-refractivity contribution is -0.129. The molecule has 0 aliphatic carbocycles. The Balaban J connectivity index is 2.00. The Labute approximate surface area is 153 Å². The fourth-order valence-electron chi connectivity index (χ4n) is 2.57. The Kier molecular flexibility index (Phi) is 6.60. The average Bonchev–Trinajstić information content (AvgIpc) is 2.67. The molecule has 138 valence electrons. The van der Waals surface area contributed by atoms with Crippen molar-refractivity contribution in [3.8, 4) is 11.5 Å². The molecule has 0 spiro atoms. The summed E-state index contributed by atoms with van der Waals surface area (Å²) in [4.78, 5) is 25.7. The maximum absolute atomic E-state index is 12.5. The second kappa shape index (κ2) is 8.89. The molecule has 0 saturated heterocycles. The molecule has 2 aromatic rings. The zero-order chi connectivity index (χ0) is 19.1. The number of carbonyl (C=O) groups is 2. The molecular weight excluding hydrogens is 332 g/mol. The Morgan fingerprint density at radius 3 is 2.15 bits per heavy atom. The number of hydrogen-bond donors (Lipinski definition) is 1. The zero-order valence-corrected chi connectivity index (χ0v) is 15.5. The van der Waals surface area contributed by atoms with Crippen molar-refractivity contribution in [3.63, 3.8) is 0 Å². The van der Waals surface area contributed by atoms with Crippen LogP contribution in [-0.4, -0.2) is 45.0 Å². The molecule has 0 aliphatic rings. The van der Waals surface area contributed by atoms with Crippen LogP contribution in [0.3, 0.4) is 0 Å². The van der Waals surface area contributed by atoms with E-state index >= 15 is 0 Å². The summed E-state index contributed by atoms with van der Waals surface area (Å²) < 4.78 is 10.5. The first-order valence-electron chi connectivity index (χ1n) is 8.24. The maximum Gasteiger partial charge on any atom is 0.251 e. The molecule has 0 saturated carbocycles. The minimum Gasteiger partial charge on any atom is -0.493 e. The van der Waals surface area contributed by atoms with E-state index < -0.39 is 0 Å². The van der Waals surface area contributed by atoms with Crippen LogP contribution in [0.2, 0.25) is 0 Å². The van der Waals surface area contributed by atoms with Gasteiger partial charge in [-0.1, -0.05) is 18.2 Å². The van der Waals surface area contributed by atoms with E-state index in [1.54, 1.807) is 51.4 Å². The van der Waals surface area contributed by atoms with Crippen molar-refractivity contribution in [3.05, 3.63) is 59.2 Å². The quantitative estimate of drug-likeness (QED) is 0.826. The molecule has 0 radical (unpaired) electrons. The maximum atomic E-state index is 12.5. The van der Waals surface area contributed by atoms with Gasteiger partial charge in [0.05, 0.1) is 20.6 Å². The van der Waals surface area contributed by atoms with Crippen molar-refractivity contribution in [2.45, 2.75) is 13.0 Å². The van der Waals surface area contributed by atoms with E-state index in [1.165, 1.54) is 0 Å². The van der Waals surface area contributed by atoms with E-state index in [0.717, 1.165) is 11.1 Å². The van der Waals surface area contributed by atoms with Gasteiger partial charge in [-0.05, 0) is 35.4 Å². The highest BCUT2D eigenvalue weighted by molar-refractivity contribution is 5.93. The molecule has 26 heavy (non-hydrogen) atoms. The second-order valence-electron chi connectivity index (χ2n) is 5.89. The van der Waals surface area contributed by atoms with E-state index in [2.05, 4.69) is 5.32 Å². The molecule has 0 aromatic heterocycles. The average molecular weight is 356 g/mol. The summed E-state index contributed by atoms with van der Waals surface area (Å²) in [5, 5.41) is 2.58. The van der Waals surface area contributed by atoms with Gasteiger partial charge in [-0.2, -0.15) is 0 Å². The molecule has 6 nitrogen and oxygen atoms in total. The van der Waals surface area contributed by atoms with Gasteiger partial charge in [-0.25, -0.2) is 0 Å². The van der Waals surface area contributed by atoms with Gasteiger partial charge in [0.15, 0.2) is 11.5 Å². The predicted octanol–water partition coefficient (Wildman–Crippen LogP) is 2.26. The lowest BCUT2D eigenvalue weighted by Gasteiger charge is -2.18. The van der Waals surface area contributed by atoms with Gasteiger partial charge in [0.2, 0.25) is 5.91 Å². The summed E-state index contributed by atoms with van der Waals surface area (Å²) >= 11 is 0. The second-order valence-corrected chi connectivity index (χ2v) is 5.89. The molecule has 2 amide bonds. The van der Waals surface area contributed by atoms with E-state index in [0.29, 0.717) is 23.6 Å². The number of nitrogens with one attached hydrogen (secondary N) is 1. The third-order valence-corrected chi connectivity index (χ3v) is 4.09. The Bertz CT molecular complexity index is 772. The van der Waals surface area contributed by atoms with Crippen LogP contribution in [0, 0.1) is 0 Å². The lowest BCUT2D eigenvalue weighted by atomic mass is 10.1. The number of nitrogens with zero attached hydrogens (tertiary/aromatic N) is 1. The van der Waals surface area contributed by atoms with Crippen LogP contribution in [-0.2, 0) is 17.8 Å². The number of carbonyl (C=O) groups excluding carboxylic acids is 2. The van der Waals surface area contributed by atoms with E-state index in [1.807, 2.05) is 24.3 Å². The summed E-state index contributed by atoms with van der Waals surface area (Å²) in [6.07, 6.45) is 0.271. The van der Waals surface area contributed by atoms with Gasteiger partial charge in [0.1, 0.15) is 0 Å². The van der Waals surface area contributed by atoms with Crippen LogP contribution in [0.4, 0.5) is 0 Å². The van der Waals surface area contributed by atoms with Gasteiger partial charge >= 0.3 is 0 Å². The standard InChI is InChI=1S/C20H24N2O4/c1-21-20(24)16-8-5-14(6-9-16)13-22(2)19(23)12-15-7-10-17(25-3)18(11-15)26-4/h5-11H,12-13H2,1-4H3,(H,21,24). The molecule has 2 aromatic carbocycles. The SMILES string of the molecule is CNC(=O)c1ccc(CN(C)C(=O)Cc2ccc(OC)c(OC)c2)cc1. The highest BCUT2D eigenvalue weighted by atomic mass is 16.5. The molecular formula is C20H24N2O4. The molecule has 0 bridgehead atoms. The van der Waals surface area contributed by atoms with Crippen LogP contribution in [0.25, 0.3) is 0 Å². The Morgan fingerprint density at radius 2 is 1.58 bits per heavy atom. The fraction of sp³-hybridized carbons (Fsp3) is 0.300. The molecule has 6 heteroatoms. The first-order chi connectivity index (χ1) is 12.5. The smallest absolute Gasteiger partial charge is 0.251 e. The van der Waals surface area contributed by atoms with Gasteiger partial charge in [-0.15, -0.1) is 0 Å². The predicted molar refractivity (Wildman–Crippen MR) is 99.6 cm³/mol. The zero-order valence-electron chi connectivity index (χ0n) is 15.5. The third kappa shape index (κ3) is 4.75. The van der Waals surface area contributed by atoms with Crippen molar-refractivity contribution in [2.24, 2.45) is 0 Å². The monoisotopic (exact) mass is 356 g/mol. The molecule has 0 fully saturated rings. The number of amides is 2. The van der Waals surface area contributed by atoms with E-state index in [4.69, 9.17) is 9.47 Å². The molecule has 1 N–H and O–H groups in total. The summed E-state index contributed by atoms with van der Waals surface area (Å²) in [5.74, 6) is 1.10. The number of hydrogen-bond acceptors (Lipinski definition) is 4. The van der Waals surface area contributed by atoms with Crippen molar-refractivity contribution < 1.29 is 19.1 Å². The molecule has 2 rings (SSSR count). The number of rotatable bonds is 7. The number of likely N-dealkylation sites (N-methyl/N-ethyl adjacent to an activating group) is 1. The van der Waals surface area contributed by atoms with Crippen molar-refractivity contribution in [2.75, 3.05) is 28.3 Å². The van der Waals surface area contributed by atoms with Crippen molar-refractivity contribution in [1.29, 1.82) is 0 Å². The topological polar surface area (TPSA) is 67.9 Å². The van der Waals surface area contributed by atoms with Crippen LogP contribution in [0.5, 0.6) is 11.5 Å². The fourth-order valence-corrected chi connectivity index (χ4v) is 2.57. The van der Waals surface area contributed by atoms with Crippen LogP contribution in [0.15, 0.2) is 42.5 Å². The van der Waals surface area contributed by atoms with Crippen LogP contribution in [0.1, 0.15) is 21.5 Å². The first-order valence-corrected chi connectivity index (χ1v) is 8.24. The molecule has 0 heterocycles. The summed E-state index contributed by atoms with van der Waals surface area (Å²) in [6, 6.07) is 12.7.